The van der Waals surface area contributed by atoms with Crippen LogP contribution in [-0.4, -0.2) is 14.9 Å². The van der Waals surface area contributed by atoms with E-state index >= 15 is 0 Å². The number of hydrogen-bond donors (Lipinski definition) is 1. The van der Waals surface area contributed by atoms with Crippen LogP contribution >= 0.6 is 87.8 Å². The molecule has 1 aliphatic rings. The van der Waals surface area contributed by atoms with Crippen molar-refractivity contribution in [2.24, 2.45) is 0 Å². The molecule has 0 aromatic heterocycles. The van der Waals surface area contributed by atoms with Crippen molar-refractivity contribution >= 4 is 114 Å². The standard InChI is InChI=1S/C15H11Cl3N2.6ClH.Sb/c1-9-6-10-4-2-3-5-14(10)20(19-9)15-12(17)7-11(16)8-13(15)18;;;;;;;/h2-5,7-8H,6H2,1H3;6*1H;/q;;;;;;;+5/p-5. The van der Waals surface area contributed by atoms with Crippen molar-refractivity contribution < 1.29 is 5.10 Å². The van der Waals surface area contributed by atoms with E-state index in [1.165, 1.54) is 5.56 Å². The first-order valence-corrected chi connectivity index (χ1v) is 27.7. The summed E-state index contributed by atoms with van der Waals surface area (Å²) < 4.78 is 0. The zero-order valence-electron chi connectivity index (χ0n) is 13.5. The Hall–Kier alpha value is 1.34. The van der Waals surface area contributed by atoms with Gasteiger partial charge in [-0.05, 0) is 23.8 Å². The first kappa shape index (κ1) is 24.6. The third-order valence-corrected chi connectivity index (χ3v) is 3.99. The normalized spacial score (nSPS) is 16.4. The number of hydrazine groups is 1. The van der Waals surface area contributed by atoms with Gasteiger partial charge in [0, 0.05) is 11.9 Å². The van der Waals surface area contributed by atoms with Crippen LogP contribution < -0.4 is 10.1 Å². The van der Waals surface area contributed by atoms with Crippen molar-refractivity contribution in [2.45, 2.75) is 13.3 Å². The molecule has 27 heavy (non-hydrogen) atoms. The predicted octanol–water partition coefficient (Wildman–Crippen LogP) is 7.55. The van der Waals surface area contributed by atoms with E-state index in [1.807, 2.05) is 30.1 Å². The molecule has 0 radical (unpaired) electrons. The van der Waals surface area contributed by atoms with Gasteiger partial charge in [-0.1, -0.05) is 53.0 Å². The monoisotopic (exact) mass is 656 g/mol. The molecular weight excluding hydrogens is 649 g/mol. The maximum absolute atomic E-state index is 6.32. The van der Waals surface area contributed by atoms with Gasteiger partial charge < -0.3 is 0 Å². The van der Waals surface area contributed by atoms with Crippen molar-refractivity contribution in [1.29, 1.82) is 0 Å². The fourth-order valence-corrected chi connectivity index (χ4v) is 3.37. The van der Waals surface area contributed by atoms with Gasteiger partial charge in [0.2, 0.25) is 0 Å². The van der Waals surface area contributed by atoms with Crippen LogP contribution in [-0.2, 0) is 6.42 Å². The molecule has 12 heteroatoms. The summed E-state index contributed by atoms with van der Waals surface area (Å²) in [5, 5.41) is 6.79. The molecule has 3 rings (SSSR count). The fourth-order valence-electron chi connectivity index (χ4n) is 2.38. The molecule has 0 saturated carbocycles. The first-order chi connectivity index (χ1) is 12.0. The van der Waals surface area contributed by atoms with Gasteiger partial charge in [0.05, 0.1) is 16.5 Å². The summed E-state index contributed by atoms with van der Waals surface area (Å²) in [6.07, 6.45) is 0.884. The molecule has 150 valence electrons. The van der Waals surface area contributed by atoms with E-state index in [0.717, 1.165) is 17.8 Å². The summed E-state index contributed by atoms with van der Waals surface area (Å²) >= 11 is 18.6. The van der Waals surface area contributed by atoms with Gasteiger partial charge in [0.1, 0.15) is 11.4 Å². The van der Waals surface area contributed by atoms with Crippen molar-refractivity contribution in [3.05, 3.63) is 57.0 Å². The van der Waals surface area contributed by atoms with Gasteiger partial charge in [0.25, 0.3) is 0 Å². The molecule has 0 aliphatic carbocycles. The number of rotatable bonds is 1. The van der Waals surface area contributed by atoms with Gasteiger partial charge >= 0.3 is 62.1 Å². The molecule has 0 atom stereocenters. The Morgan fingerprint density at radius 1 is 0.889 bits per heavy atom. The Labute approximate surface area is 192 Å². The second kappa shape index (κ2) is 8.12. The van der Waals surface area contributed by atoms with Crippen molar-refractivity contribution in [3.63, 3.8) is 0 Å². The van der Waals surface area contributed by atoms with Gasteiger partial charge in [-0.3, -0.25) is 0 Å². The number of nitrogens with zero attached hydrogens (tertiary/aromatic N) is 1. The van der Waals surface area contributed by atoms with Crippen molar-refractivity contribution in [3.8, 4) is 0 Å². The molecule has 0 bridgehead atoms. The molecule has 2 nitrogen and oxygen atoms in total. The maximum atomic E-state index is 6.32. The number of para-hydroxylation sites is 1. The van der Waals surface area contributed by atoms with E-state index in [1.54, 1.807) is 12.1 Å². The van der Waals surface area contributed by atoms with Crippen LogP contribution in [0.3, 0.4) is 0 Å². The zero-order chi connectivity index (χ0) is 20.7. The van der Waals surface area contributed by atoms with Crippen LogP contribution in [0.15, 0.2) is 36.4 Å². The molecule has 1 N–H and O–H groups in total. The van der Waals surface area contributed by atoms with Crippen LogP contribution in [0.5, 0.6) is 0 Å². The second-order valence-corrected chi connectivity index (χ2v) is 63.9. The number of benzene rings is 2. The Bertz CT molecular complexity index is 873. The first-order valence-electron chi connectivity index (χ1n) is 7.19. The summed E-state index contributed by atoms with van der Waals surface area (Å²) in [7, 11) is 25.0. The summed E-state index contributed by atoms with van der Waals surface area (Å²) in [6.45, 7) is 2.04. The molecule has 2 aromatic rings. The molecule has 1 aliphatic heterocycles. The van der Waals surface area contributed by atoms with Crippen LogP contribution in [0.2, 0.25) is 15.1 Å². The van der Waals surface area contributed by atoms with Gasteiger partial charge in [-0.25, -0.2) is 0 Å². The van der Waals surface area contributed by atoms with E-state index in [9.17, 15) is 0 Å². The summed E-state index contributed by atoms with van der Waals surface area (Å²) in [6, 6.07) is 11.5. The van der Waals surface area contributed by atoms with E-state index in [0.29, 0.717) is 20.8 Å². The Balaban J connectivity index is 0.000000321. The summed E-state index contributed by atoms with van der Waals surface area (Å²) in [5.74, 6) is 0. The van der Waals surface area contributed by atoms with Crippen molar-refractivity contribution in [1.82, 2.24) is 0 Å². The summed E-state index contributed by atoms with van der Waals surface area (Å²) in [4.78, 5) is 0. The van der Waals surface area contributed by atoms with E-state index in [-0.39, 0.29) is 0 Å². The van der Waals surface area contributed by atoms with Gasteiger partial charge in [0.15, 0.2) is 5.71 Å². The van der Waals surface area contributed by atoms with E-state index in [4.69, 9.17) is 87.8 Å². The number of halogens is 9. The minimum absolute atomic E-state index is 0.513. The third kappa shape index (κ3) is 8.93. The molecule has 1 heterocycles. The number of nitrogens with one attached hydrogen (secondary N) is 1. The number of hydrazone groups is 1. The fraction of sp³-hybridized carbons (Fsp3) is 0.133. The Kier molecular flexibility index (Phi) is 7.40. The minimum atomic E-state index is -5.42. The topological polar surface area (TPSA) is 17.2 Å². The molecule has 0 unspecified atom stereocenters. The second-order valence-electron chi connectivity index (χ2n) is 5.71. The number of anilines is 2. The van der Waals surface area contributed by atoms with E-state index in [2.05, 4.69) is 11.2 Å². The predicted molar refractivity (Wildman–Crippen MR) is 126 cm³/mol. The van der Waals surface area contributed by atoms with Crippen LogP contribution in [0.4, 0.5) is 11.4 Å². The quantitative estimate of drug-likeness (QED) is 0.313. The van der Waals surface area contributed by atoms with Crippen LogP contribution in [0.25, 0.3) is 0 Å². The Morgan fingerprint density at radius 2 is 1.37 bits per heavy atom. The number of fused-ring (bicyclic) bond motifs is 1. The Morgan fingerprint density at radius 3 is 1.89 bits per heavy atom. The van der Waals surface area contributed by atoms with Crippen LogP contribution in [0.1, 0.15) is 12.5 Å². The number of hydrogen-bond acceptors (Lipinski definition) is 1. The SMILES string of the molecule is CC1=[NH+]N(c2c(Cl)cc(Cl)cc2Cl)c2ccccc2C1.[Cl][Sb-]([Cl])([Cl])([Cl])([Cl])[Cl]. The molecule has 0 fully saturated rings. The van der Waals surface area contributed by atoms with Crippen LogP contribution in [0, 0.1) is 0 Å². The molecule has 2 aromatic carbocycles. The molecule has 0 saturated heterocycles. The van der Waals surface area contributed by atoms with Gasteiger partial charge in [-0.15, -0.1) is 10.1 Å². The average Bonchev–Trinajstić information content (AvgIpc) is 2.42. The van der Waals surface area contributed by atoms with Gasteiger partial charge in [-0.2, -0.15) is 0 Å². The molecular formula is C15H12Cl9N2Sb. The van der Waals surface area contributed by atoms with Crippen molar-refractivity contribution in [2.75, 3.05) is 5.01 Å². The molecule has 0 spiro atoms. The third-order valence-electron chi connectivity index (χ3n) is 3.20. The zero-order valence-corrected chi connectivity index (χ0v) is 22.8. The average molecular weight is 661 g/mol. The summed E-state index contributed by atoms with van der Waals surface area (Å²) in [5.41, 5.74) is 4.12. The van der Waals surface area contributed by atoms with E-state index < -0.39 is 9.14 Å². The molecule has 0 amide bonds.